The highest BCUT2D eigenvalue weighted by molar-refractivity contribution is 6.76. The van der Waals surface area contributed by atoms with Crippen LogP contribution in [0, 0.1) is 5.92 Å². The lowest BCUT2D eigenvalue weighted by Crippen LogP contribution is -2.22. The minimum absolute atomic E-state index is 0.0236. The molecule has 206 valence electrons. The molecule has 3 rings (SSSR count). The molecule has 2 N–H and O–H groups in total. The fraction of sp³-hybridized carbons (Fsp3) is 0.464. The van der Waals surface area contributed by atoms with Gasteiger partial charge in [0.2, 0.25) is 0 Å². The number of aryl methyl sites for hydroxylation is 1. The molecule has 0 radical (unpaired) electrons. The molecule has 0 saturated heterocycles. The summed E-state index contributed by atoms with van der Waals surface area (Å²) >= 11 is 0. The number of carbonyl (C=O) groups excluding carboxylic acids is 1. The van der Waals surface area contributed by atoms with Gasteiger partial charge in [0.15, 0.2) is 5.69 Å². The second-order valence-corrected chi connectivity index (χ2v) is 16.6. The number of rotatable bonds is 12. The first-order valence-electron chi connectivity index (χ1n) is 12.8. The number of halogens is 3. The fourth-order valence-corrected chi connectivity index (χ4v) is 4.68. The number of Topliss-reactive ketones (excluding diaryl/α,β-unsaturated/α-hetero) is 1. The zero-order chi connectivity index (χ0) is 28.1. The van der Waals surface area contributed by atoms with E-state index in [2.05, 4.69) is 29.6 Å². The summed E-state index contributed by atoms with van der Waals surface area (Å²) in [6, 6.07) is 10.1. The summed E-state index contributed by atoms with van der Waals surface area (Å²) in [5.74, 6) is 0.391. The van der Waals surface area contributed by atoms with E-state index < -0.39 is 19.9 Å². The van der Waals surface area contributed by atoms with Crippen LogP contribution in [0.2, 0.25) is 25.7 Å². The summed E-state index contributed by atoms with van der Waals surface area (Å²) in [6.45, 7) is 10.7. The quantitative estimate of drug-likeness (QED) is 0.149. The van der Waals surface area contributed by atoms with Gasteiger partial charge in [0.05, 0.1) is 5.69 Å². The number of anilines is 1. The van der Waals surface area contributed by atoms with E-state index >= 15 is 0 Å². The molecule has 0 aliphatic carbocycles. The maximum Gasteiger partial charge on any atom is 0.434 e. The predicted molar refractivity (Wildman–Crippen MR) is 147 cm³/mol. The minimum Gasteiger partial charge on any atom is -0.398 e. The van der Waals surface area contributed by atoms with Crippen molar-refractivity contribution in [3.05, 3.63) is 54.0 Å². The molecule has 1 unspecified atom stereocenters. The zero-order valence-corrected chi connectivity index (χ0v) is 23.7. The molecule has 1 aromatic carbocycles. The molecule has 0 saturated carbocycles. The molecule has 3 aromatic rings. The Labute approximate surface area is 223 Å². The van der Waals surface area contributed by atoms with E-state index in [0.717, 1.165) is 42.6 Å². The number of hydrogen-bond acceptors (Lipinski definition) is 5. The maximum absolute atomic E-state index is 13.4. The monoisotopic (exact) mass is 546 g/mol. The first-order chi connectivity index (χ1) is 17.7. The topological polar surface area (TPSA) is 83.0 Å². The first-order valence-corrected chi connectivity index (χ1v) is 16.5. The number of imidazole rings is 1. The van der Waals surface area contributed by atoms with E-state index in [0.29, 0.717) is 23.6 Å². The third-order valence-corrected chi connectivity index (χ3v) is 8.21. The van der Waals surface area contributed by atoms with Gasteiger partial charge in [-0.1, -0.05) is 38.7 Å². The number of ketones is 1. The molecule has 0 bridgehead atoms. The molecule has 0 aliphatic rings. The van der Waals surface area contributed by atoms with Crippen LogP contribution in [0.25, 0.3) is 22.6 Å². The van der Waals surface area contributed by atoms with Gasteiger partial charge in [-0.05, 0) is 56.0 Å². The van der Waals surface area contributed by atoms with E-state index in [9.17, 15) is 18.0 Å². The van der Waals surface area contributed by atoms with Crippen molar-refractivity contribution < 1.29 is 22.7 Å². The van der Waals surface area contributed by atoms with Crippen LogP contribution in [0.15, 0.2) is 42.7 Å². The van der Waals surface area contributed by atoms with E-state index in [1.165, 1.54) is 10.8 Å². The van der Waals surface area contributed by atoms with Crippen molar-refractivity contribution in [3.63, 3.8) is 0 Å². The fourth-order valence-electron chi connectivity index (χ4n) is 3.92. The van der Waals surface area contributed by atoms with Crippen LogP contribution in [0.3, 0.4) is 0 Å². The first kappa shape index (κ1) is 29.6. The zero-order valence-electron chi connectivity index (χ0n) is 22.7. The lowest BCUT2D eigenvalue weighted by molar-refractivity contribution is -0.141. The average molecular weight is 547 g/mol. The van der Waals surface area contributed by atoms with Crippen molar-refractivity contribution in [3.8, 4) is 22.6 Å². The maximum atomic E-state index is 13.4. The molecule has 2 aromatic heterocycles. The lowest BCUT2D eigenvalue weighted by atomic mass is 9.97. The average Bonchev–Trinajstić information content (AvgIpc) is 3.26. The van der Waals surface area contributed by atoms with Gasteiger partial charge in [0.1, 0.15) is 18.3 Å². The number of ether oxygens (including phenoxy) is 1. The Hall–Kier alpha value is -2.98. The van der Waals surface area contributed by atoms with Crippen LogP contribution in [-0.2, 0) is 28.9 Å². The Bertz CT molecular complexity index is 1230. The van der Waals surface area contributed by atoms with Crippen molar-refractivity contribution >= 4 is 19.5 Å². The van der Waals surface area contributed by atoms with Crippen LogP contribution >= 0.6 is 0 Å². The van der Waals surface area contributed by atoms with Crippen LogP contribution in [0.4, 0.5) is 18.9 Å². The molecule has 1 atom stereocenters. The third kappa shape index (κ3) is 8.26. The van der Waals surface area contributed by atoms with Crippen LogP contribution < -0.4 is 5.73 Å². The van der Waals surface area contributed by atoms with Crippen LogP contribution in [0.1, 0.15) is 37.9 Å². The Morgan fingerprint density at radius 1 is 1.18 bits per heavy atom. The van der Waals surface area contributed by atoms with E-state index in [1.807, 2.05) is 25.1 Å². The molecule has 0 fully saturated rings. The van der Waals surface area contributed by atoms with Gasteiger partial charge < -0.3 is 15.0 Å². The molecule has 10 heteroatoms. The van der Waals surface area contributed by atoms with E-state index in [-0.39, 0.29) is 24.3 Å². The molecule has 0 aliphatic heterocycles. The van der Waals surface area contributed by atoms with E-state index in [1.54, 1.807) is 19.1 Å². The van der Waals surface area contributed by atoms with Gasteiger partial charge in [0, 0.05) is 49.8 Å². The van der Waals surface area contributed by atoms with Gasteiger partial charge in [0.25, 0.3) is 0 Å². The van der Waals surface area contributed by atoms with Crippen molar-refractivity contribution in [2.24, 2.45) is 5.92 Å². The largest absolute Gasteiger partial charge is 0.434 e. The van der Waals surface area contributed by atoms with Crippen molar-refractivity contribution in [1.29, 1.82) is 0 Å². The van der Waals surface area contributed by atoms with Gasteiger partial charge in [-0.15, -0.1) is 0 Å². The van der Waals surface area contributed by atoms with Gasteiger partial charge >= 0.3 is 6.18 Å². The van der Waals surface area contributed by atoms with Crippen LogP contribution in [0.5, 0.6) is 0 Å². The number of alkyl halides is 3. The normalized spacial score (nSPS) is 13.1. The Kier molecular flexibility index (Phi) is 9.53. The highest BCUT2D eigenvalue weighted by Crippen LogP contribution is 2.32. The van der Waals surface area contributed by atoms with Crippen molar-refractivity contribution in [2.45, 2.75) is 71.7 Å². The Balaban J connectivity index is 1.75. The molecule has 38 heavy (non-hydrogen) atoms. The number of nitrogens with zero attached hydrogens (tertiary/aromatic N) is 3. The summed E-state index contributed by atoms with van der Waals surface area (Å²) < 4.78 is 47.3. The van der Waals surface area contributed by atoms with Crippen molar-refractivity contribution in [2.75, 3.05) is 12.3 Å². The molecule has 0 amide bonds. The highest BCUT2D eigenvalue weighted by Gasteiger charge is 2.35. The molecule has 0 spiro atoms. The second-order valence-electron chi connectivity index (χ2n) is 11.0. The summed E-state index contributed by atoms with van der Waals surface area (Å²) in [4.78, 5) is 19.7. The number of pyridine rings is 1. The summed E-state index contributed by atoms with van der Waals surface area (Å²) in [6.07, 6.45) is 0.458. The number of nitrogen functional groups attached to an aromatic ring is 1. The molecule has 6 nitrogen and oxygen atoms in total. The highest BCUT2D eigenvalue weighted by atomic mass is 28.3. The molecular weight excluding hydrogens is 509 g/mol. The third-order valence-electron chi connectivity index (χ3n) is 6.50. The Morgan fingerprint density at radius 3 is 2.50 bits per heavy atom. The number of aromatic nitrogens is 3. The number of hydrogen-bond donors (Lipinski definition) is 1. The van der Waals surface area contributed by atoms with Gasteiger partial charge in [-0.2, -0.15) is 13.2 Å². The number of carbonyl (C=O) groups is 1. The molecular formula is C28H37F3N4O2Si. The SMILES string of the molecule is CC(=O)C(C)CCCc1ccc(-c2ccc(-c3nc(C(F)(F)F)cn3COCC[Si](C)(C)C)cn2)c(N)c1. The van der Waals surface area contributed by atoms with E-state index in [4.69, 9.17) is 10.5 Å². The smallest absolute Gasteiger partial charge is 0.398 e. The van der Waals surface area contributed by atoms with Crippen LogP contribution in [-0.4, -0.2) is 35.0 Å². The summed E-state index contributed by atoms with van der Waals surface area (Å²) in [7, 11) is -1.32. The summed E-state index contributed by atoms with van der Waals surface area (Å²) in [5, 5.41) is 0. The number of benzene rings is 1. The van der Waals surface area contributed by atoms with Gasteiger partial charge in [-0.25, -0.2) is 4.98 Å². The standard InChI is InChI=1S/C28H37F3N4O2Si/c1-19(20(2)36)7-6-8-21-9-11-23(24(32)15-21)25-12-10-22(16-33-25)27-34-26(28(29,30)31)17-35(27)18-37-13-14-38(3,4)5/h9-12,15-17,19H,6-8,13-14,18,32H2,1-5H3. The van der Waals surface area contributed by atoms with Crippen molar-refractivity contribution in [1.82, 2.24) is 14.5 Å². The second kappa shape index (κ2) is 12.3. The number of nitrogens with two attached hydrogens (primary N) is 1. The molecule has 2 heterocycles. The van der Waals surface area contributed by atoms with Gasteiger partial charge in [-0.3, -0.25) is 9.78 Å². The lowest BCUT2D eigenvalue weighted by Gasteiger charge is -2.16. The minimum atomic E-state index is -4.56. The summed E-state index contributed by atoms with van der Waals surface area (Å²) in [5.41, 5.74) is 8.79. The predicted octanol–water partition coefficient (Wildman–Crippen LogP) is 7.07. The Morgan fingerprint density at radius 2 is 1.92 bits per heavy atom.